The van der Waals surface area contributed by atoms with Crippen LogP contribution in [0.2, 0.25) is 0 Å². The molecule has 0 aromatic heterocycles. The Bertz CT molecular complexity index is 477. The third-order valence-corrected chi connectivity index (χ3v) is 7.20. The van der Waals surface area contributed by atoms with Crippen molar-refractivity contribution in [3.05, 3.63) is 0 Å². The quantitative estimate of drug-likeness (QED) is 0.728. The molecule has 0 bridgehead atoms. The molecule has 1 aliphatic heterocycles. The van der Waals surface area contributed by atoms with Gasteiger partial charge in [-0.2, -0.15) is 0 Å². The Hall–Kier alpha value is -0.650. The molecule has 4 fully saturated rings. The number of carbonyl (C=O) groups is 1. The fourth-order valence-electron chi connectivity index (χ4n) is 5.53. The summed E-state index contributed by atoms with van der Waals surface area (Å²) in [6.07, 6.45) is 10.6. The minimum atomic E-state index is -0.598. The SMILES string of the molecule is NC1(C(=O)NC2CCN(C3CCCCC3O)CC2)CCCC2CC21. The summed E-state index contributed by atoms with van der Waals surface area (Å²) in [5, 5.41) is 13.5. The summed E-state index contributed by atoms with van der Waals surface area (Å²) in [4.78, 5) is 15.2. The van der Waals surface area contributed by atoms with E-state index in [1.165, 1.54) is 12.8 Å². The van der Waals surface area contributed by atoms with Gasteiger partial charge in [0.2, 0.25) is 5.91 Å². The number of hydrogen-bond donors (Lipinski definition) is 3. The van der Waals surface area contributed by atoms with Gasteiger partial charge in [-0.25, -0.2) is 0 Å². The number of nitrogens with zero attached hydrogens (tertiary/aromatic N) is 1. The molecule has 1 saturated heterocycles. The lowest BCUT2D eigenvalue weighted by atomic mass is 9.81. The number of aliphatic hydroxyl groups excluding tert-OH is 1. The number of nitrogens with one attached hydrogen (secondary N) is 1. The fourth-order valence-corrected chi connectivity index (χ4v) is 5.53. The van der Waals surface area contributed by atoms with Gasteiger partial charge in [0.1, 0.15) is 0 Å². The smallest absolute Gasteiger partial charge is 0.240 e. The highest BCUT2D eigenvalue weighted by molar-refractivity contribution is 5.87. The summed E-state index contributed by atoms with van der Waals surface area (Å²) in [6, 6.07) is 0.593. The molecule has 4 N–H and O–H groups in total. The van der Waals surface area contributed by atoms with E-state index in [9.17, 15) is 9.90 Å². The maximum absolute atomic E-state index is 12.8. The maximum atomic E-state index is 12.8. The molecule has 1 heterocycles. The van der Waals surface area contributed by atoms with E-state index in [2.05, 4.69) is 10.2 Å². The van der Waals surface area contributed by atoms with E-state index in [1.807, 2.05) is 0 Å². The van der Waals surface area contributed by atoms with Crippen LogP contribution in [0.4, 0.5) is 0 Å². The maximum Gasteiger partial charge on any atom is 0.240 e. The minimum absolute atomic E-state index is 0.103. The van der Waals surface area contributed by atoms with E-state index in [-0.39, 0.29) is 18.1 Å². The molecule has 5 unspecified atom stereocenters. The van der Waals surface area contributed by atoms with Gasteiger partial charge in [-0.1, -0.05) is 25.7 Å². The van der Waals surface area contributed by atoms with Crippen LogP contribution in [0, 0.1) is 11.8 Å². The van der Waals surface area contributed by atoms with Crippen molar-refractivity contribution < 1.29 is 9.90 Å². The molecule has 3 saturated carbocycles. The van der Waals surface area contributed by atoms with Crippen molar-refractivity contribution >= 4 is 5.91 Å². The molecule has 136 valence electrons. The number of aliphatic hydroxyl groups is 1. The van der Waals surface area contributed by atoms with Crippen molar-refractivity contribution in [2.75, 3.05) is 13.1 Å². The van der Waals surface area contributed by atoms with Crippen molar-refractivity contribution in [2.24, 2.45) is 17.6 Å². The molecule has 5 nitrogen and oxygen atoms in total. The molecular weight excluding hydrogens is 302 g/mol. The molecule has 0 radical (unpaired) electrons. The van der Waals surface area contributed by atoms with Crippen LogP contribution in [0.25, 0.3) is 0 Å². The van der Waals surface area contributed by atoms with Gasteiger partial charge in [0.15, 0.2) is 0 Å². The normalized spacial score (nSPS) is 43.9. The molecular formula is C19H33N3O2. The van der Waals surface area contributed by atoms with E-state index in [1.54, 1.807) is 0 Å². The van der Waals surface area contributed by atoms with Crippen LogP contribution < -0.4 is 11.1 Å². The van der Waals surface area contributed by atoms with E-state index < -0.39 is 5.54 Å². The topological polar surface area (TPSA) is 78.6 Å². The second kappa shape index (κ2) is 6.58. The molecule has 0 aromatic rings. The summed E-state index contributed by atoms with van der Waals surface area (Å²) >= 11 is 0. The summed E-state index contributed by atoms with van der Waals surface area (Å²) < 4.78 is 0. The van der Waals surface area contributed by atoms with Gasteiger partial charge >= 0.3 is 0 Å². The standard InChI is InChI=1S/C19H33N3O2/c20-19(9-3-4-13-12-15(13)19)18(24)21-14-7-10-22(11-8-14)16-5-1-2-6-17(16)23/h13-17,23H,1-12,20H2,(H,21,24). The average molecular weight is 335 g/mol. The average Bonchev–Trinajstić information content (AvgIpc) is 3.37. The van der Waals surface area contributed by atoms with Crippen LogP contribution in [0.15, 0.2) is 0 Å². The monoisotopic (exact) mass is 335 g/mol. The molecule has 3 aliphatic carbocycles. The van der Waals surface area contributed by atoms with Gasteiger partial charge in [-0.15, -0.1) is 0 Å². The first-order chi connectivity index (χ1) is 11.6. The first kappa shape index (κ1) is 16.8. The minimum Gasteiger partial charge on any atom is -0.391 e. The van der Waals surface area contributed by atoms with E-state index in [4.69, 9.17) is 5.73 Å². The highest BCUT2D eigenvalue weighted by Crippen LogP contribution is 2.53. The fraction of sp³-hybridized carbons (Fsp3) is 0.947. The van der Waals surface area contributed by atoms with Crippen LogP contribution in [0.3, 0.4) is 0 Å². The number of hydrogen-bond acceptors (Lipinski definition) is 4. The summed E-state index contributed by atoms with van der Waals surface area (Å²) in [5.74, 6) is 1.25. The molecule has 5 atom stereocenters. The first-order valence-electron chi connectivity index (χ1n) is 10.1. The zero-order valence-corrected chi connectivity index (χ0v) is 14.8. The largest absolute Gasteiger partial charge is 0.391 e. The lowest BCUT2D eigenvalue weighted by Gasteiger charge is -2.42. The molecule has 4 rings (SSSR count). The Kier molecular flexibility index (Phi) is 4.61. The van der Waals surface area contributed by atoms with Crippen LogP contribution >= 0.6 is 0 Å². The predicted octanol–water partition coefficient (Wildman–Crippen LogP) is 1.39. The Labute approximate surface area is 145 Å². The zero-order chi connectivity index (χ0) is 16.7. The third kappa shape index (κ3) is 3.11. The van der Waals surface area contributed by atoms with Gasteiger partial charge in [0, 0.05) is 25.2 Å². The Morgan fingerprint density at radius 2 is 1.83 bits per heavy atom. The molecule has 5 heteroatoms. The highest BCUT2D eigenvalue weighted by Gasteiger charge is 2.56. The van der Waals surface area contributed by atoms with Gasteiger partial charge in [-0.3, -0.25) is 9.69 Å². The van der Waals surface area contributed by atoms with Crippen LogP contribution in [0.5, 0.6) is 0 Å². The van der Waals surface area contributed by atoms with Crippen molar-refractivity contribution in [3.63, 3.8) is 0 Å². The van der Waals surface area contributed by atoms with E-state index in [0.29, 0.717) is 17.9 Å². The Balaban J connectivity index is 1.28. The molecule has 1 amide bonds. The molecule has 0 aromatic carbocycles. The van der Waals surface area contributed by atoms with Gasteiger partial charge in [-0.05, 0) is 50.4 Å². The first-order valence-corrected chi connectivity index (χ1v) is 10.1. The van der Waals surface area contributed by atoms with E-state index >= 15 is 0 Å². The number of amides is 1. The highest BCUT2D eigenvalue weighted by atomic mass is 16.3. The molecule has 0 spiro atoms. The van der Waals surface area contributed by atoms with Gasteiger partial charge in [0.25, 0.3) is 0 Å². The number of rotatable bonds is 3. The summed E-state index contributed by atoms with van der Waals surface area (Å²) in [7, 11) is 0. The number of piperidine rings is 1. The van der Waals surface area contributed by atoms with Gasteiger partial charge < -0.3 is 16.2 Å². The second-order valence-electron chi connectivity index (χ2n) is 8.74. The lowest BCUT2D eigenvalue weighted by Crippen LogP contribution is -2.60. The zero-order valence-electron chi connectivity index (χ0n) is 14.8. The summed E-state index contributed by atoms with van der Waals surface area (Å²) in [5.41, 5.74) is 5.91. The van der Waals surface area contributed by atoms with Crippen LogP contribution in [-0.2, 0) is 4.79 Å². The van der Waals surface area contributed by atoms with E-state index in [0.717, 1.165) is 64.5 Å². The predicted molar refractivity (Wildman–Crippen MR) is 93.4 cm³/mol. The Morgan fingerprint density at radius 3 is 2.58 bits per heavy atom. The Morgan fingerprint density at radius 1 is 1.08 bits per heavy atom. The van der Waals surface area contributed by atoms with Crippen LogP contribution in [-0.4, -0.2) is 52.7 Å². The van der Waals surface area contributed by atoms with Crippen molar-refractivity contribution in [1.82, 2.24) is 10.2 Å². The lowest BCUT2D eigenvalue weighted by molar-refractivity contribution is -0.129. The number of likely N-dealkylation sites (tertiary alicyclic amines) is 1. The van der Waals surface area contributed by atoms with Crippen molar-refractivity contribution in [1.29, 1.82) is 0 Å². The van der Waals surface area contributed by atoms with Crippen molar-refractivity contribution in [2.45, 2.75) is 87.9 Å². The van der Waals surface area contributed by atoms with Crippen molar-refractivity contribution in [3.8, 4) is 0 Å². The second-order valence-corrected chi connectivity index (χ2v) is 8.74. The number of carbonyl (C=O) groups excluding carboxylic acids is 1. The number of fused-ring (bicyclic) bond motifs is 1. The van der Waals surface area contributed by atoms with Gasteiger partial charge in [0.05, 0.1) is 11.6 Å². The molecule has 24 heavy (non-hydrogen) atoms. The third-order valence-electron chi connectivity index (χ3n) is 7.20. The summed E-state index contributed by atoms with van der Waals surface area (Å²) in [6.45, 7) is 1.96. The van der Waals surface area contributed by atoms with Crippen LogP contribution in [0.1, 0.15) is 64.2 Å². The number of nitrogens with two attached hydrogens (primary N) is 1. The molecule has 4 aliphatic rings.